The van der Waals surface area contributed by atoms with E-state index in [9.17, 15) is 13.2 Å². The van der Waals surface area contributed by atoms with Gasteiger partial charge in [0.05, 0.1) is 5.92 Å². The van der Waals surface area contributed by atoms with Crippen molar-refractivity contribution in [3.8, 4) is 0 Å². The minimum absolute atomic E-state index is 0.0741. The molecule has 0 amide bonds. The Hall–Kier alpha value is -0.750. The topological polar surface area (TPSA) is 29.3 Å². The number of nitrogens with zero attached hydrogens (tertiary/aromatic N) is 1. The third-order valence-electron chi connectivity index (χ3n) is 3.47. The molecule has 2 rings (SSSR count). The van der Waals surface area contributed by atoms with Gasteiger partial charge in [-0.3, -0.25) is 4.90 Å². The average Bonchev–Trinajstić information content (AvgIpc) is 2.34. The Bertz CT molecular complexity index is 448. The average molecular weight is 337 g/mol. The number of halogens is 4. The number of likely N-dealkylation sites (tertiary alicyclic amines) is 1. The fraction of sp³-hybridized carbons (Fsp3) is 0.538. The maximum atomic E-state index is 12.7. The van der Waals surface area contributed by atoms with Gasteiger partial charge < -0.3 is 5.73 Å². The first-order valence-electron chi connectivity index (χ1n) is 6.20. The number of anilines is 1. The number of alkyl halides is 3. The van der Waals surface area contributed by atoms with Gasteiger partial charge in [0.15, 0.2) is 0 Å². The van der Waals surface area contributed by atoms with Crippen LogP contribution in [0.2, 0.25) is 0 Å². The zero-order valence-electron chi connectivity index (χ0n) is 10.4. The fourth-order valence-corrected chi connectivity index (χ4v) is 2.82. The van der Waals surface area contributed by atoms with Crippen molar-refractivity contribution in [1.82, 2.24) is 4.90 Å². The second kappa shape index (κ2) is 5.71. The van der Waals surface area contributed by atoms with Crippen LogP contribution in [0.5, 0.6) is 0 Å². The summed E-state index contributed by atoms with van der Waals surface area (Å²) in [7, 11) is 0. The normalized spacial score (nSPS) is 21.6. The smallest absolute Gasteiger partial charge is 0.393 e. The second-order valence-corrected chi connectivity index (χ2v) is 5.73. The molecule has 1 fully saturated rings. The van der Waals surface area contributed by atoms with Gasteiger partial charge in [0.25, 0.3) is 0 Å². The lowest BCUT2D eigenvalue weighted by atomic mass is 9.97. The van der Waals surface area contributed by atoms with E-state index in [4.69, 9.17) is 5.73 Å². The van der Waals surface area contributed by atoms with Gasteiger partial charge in [0, 0.05) is 23.2 Å². The van der Waals surface area contributed by atoms with Crippen molar-refractivity contribution in [3.05, 3.63) is 28.2 Å². The van der Waals surface area contributed by atoms with Gasteiger partial charge >= 0.3 is 6.18 Å². The van der Waals surface area contributed by atoms with Crippen LogP contribution >= 0.6 is 15.9 Å². The van der Waals surface area contributed by atoms with Crippen LogP contribution in [-0.2, 0) is 6.54 Å². The van der Waals surface area contributed by atoms with Gasteiger partial charge in [-0.25, -0.2) is 0 Å². The minimum atomic E-state index is -4.09. The lowest BCUT2D eigenvalue weighted by Gasteiger charge is -2.33. The molecule has 1 unspecified atom stereocenters. The standard InChI is InChI=1S/C13H16BrF3N2/c14-12-9(3-1-5-11(12)18)7-19-6-2-4-10(8-19)13(15,16)17/h1,3,5,10H,2,4,6-8,18H2. The molecule has 0 spiro atoms. The molecule has 0 aromatic heterocycles. The SMILES string of the molecule is Nc1cccc(CN2CCCC(C(F)(F)F)C2)c1Br. The zero-order valence-corrected chi connectivity index (χ0v) is 12.0. The molecule has 1 aliphatic heterocycles. The molecule has 1 aliphatic rings. The highest BCUT2D eigenvalue weighted by atomic mass is 79.9. The molecule has 106 valence electrons. The molecule has 6 heteroatoms. The lowest BCUT2D eigenvalue weighted by molar-refractivity contribution is -0.187. The highest BCUT2D eigenvalue weighted by Crippen LogP contribution is 2.34. The number of hydrogen-bond acceptors (Lipinski definition) is 2. The first-order chi connectivity index (χ1) is 8.88. The van der Waals surface area contributed by atoms with Crippen LogP contribution in [0.15, 0.2) is 22.7 Å². The van der Waals surface area contributed by atoms with Crippen LogP contribution in [0.1, 0.15) is 18.4 Å². The van der Waals surface area contributed by atoms with E-state index in [2.05, 4.69) is 15.9 Å². The summed E-state index contributed by atoms with van der Waals surface area (Å²) in [5.41, 5.74) is 7.32. The maximum Gasteiger partial charge on any atom is 0.393 e. The summed E-state index contributed by atoms with van der Waals surface area (Å²) in [4.78, 5) is 1.85. The Morgan fingerprint density at radius 1 is 1.37 bits per heavy atom. The van der Waals surface area contributed by atoms with E-state index in [1.54, 1.807) is 6.07 Å². The Morgan fingerprint density at radius 3 is 2.79 bits per heavy atom. The van der Waals surface area contributed by atoms with Crippen molar-refractivity contribution in [2.24, 2.45) is 5.92 Å². The Labute approximate surface area is 118 Å². The van der Waals surface area contributed by atoms with Crippen LogP contribution in [0, 0.1) is 5.92 Å². The van der Waals surface area contributed by atoms with Crippen molar-refractivity contribution >= 4 is 21.6 Å². The Kier molecular flexibility index (Phi) is 4.40. The summed E-state index contributed by atoms with van der Waals surface area (Å²) < 4.78 is 39.0. The van der Waals surface area contributed by atoms with Crippen LogP contribution in [0.3, 0.4) is 0 Å². The quantitative estimate of drug-likeness (QED) is 0.832. The van der Waals surface area contributed by atoms with Crippen molar-refractivity contribution < 1.29 is 13.2 Å². The summed E-state index contributed by atoms with van der Waals surface area (Å²) >= 11 is 3.39. The number of rotatable bonds is 2. The molecular weight excluding hydrogens is 321 g/mol. The molecule has 2 N–H and O–H groups in total. The molecule has 1 heterocycles. The zero-order chi connectivity index (χ0) is 14.0. The van der Waals surface area contributed by atoms with Gasteiger partial charge in [0.1, 0.15) is 0 Å². The van der Waals surface area contributed by atoms with E-state index in [0.717, 1.165) is 10.0 Å². The highest BCUT2D eigenvalue weighted by Gasteiger charge is 2.41. The molecule has 19 heavy (non-hydrogen) atoms. The second-order valence-electron chi connectivity index (χ2n) is 4.94. The fourth-order valence-electron chi connectivity index (χ4n) is 2.43. The molecule has 1 atom stereocenters. The van der Waals surface area contributed by atoms with Crippen LogP contribution in [-0.4, -0.2) is 24.2 Å². The molecular formula is C13H16BrF3N2. The number of piperidine rings is 1. The van der Waals surface area contributed by atoms with Crippen molar-refractivity contribution in [2.75, 3.05) is 18.8 Å². The van der Waals surface area contributed by atoms with E-state index >= 15 is 0 Å². The molecule has 1 aromatic rings. The molecule has 1 saturated heterocycles. The predicted molar refractivity (Wildman–Crippen MR) is 72.6 cm³/mol. The van der Waals surface area contributed by atoms with Crippen molar-refractivity contribution in [3.63, 3.8) is 0 Å². The molecule has 0 radical (unpaired) electrons. The Balaban J connectivity index is 2.05. The first kappa shape index (κ1) is 14.7. The summed E-state index contributed by atoms with van der Waals surface area (Å²) in [5, 5.41) is 0. The van der Waals surface area contributed by atoms with Gasteiger partial charge in [-0.2, -0.15) is 13.2 Å². The predicted octanol–water partition coefficient (Wildman–Crippen LogP) is 3.81. The molecule has 1 aromatic carbocycles. The molecule has 2 nitrogen and oxygen atoms in total. The number of nitrogen functional groups attached to an aromatic ring is 1. The van der Waals surface area contributed by atoms with Gasteiger partial charge in [-0.1, -0.05) is 12.1 Å². The highest BCUT2D eigenvalue weighted by molar-refractivity contribution is 9.10. The van der Waals surface area contributed by atoms with E-state index in [-0.39, 0.29) is 13.0 Å². The summed E-state index contributed by atoms with van der Waals surface area (Å²) in [5.74, 6) is -1.21. The van der Waals surface area contributed by atoms with Crippen LogP contribution in [0.25, 0.3) is 0 Å². The monoisotopic (exact) mass is 336 g/mol. The molecule has 0 bridgehead atoms. The van der Waals surface area contributed by atoms with E-state index in [1.165, 1.54) is 0 Å². The van der Waals surface area contributed by atoms with Gasteiger partial charge in [-0.15, -0.1) is 0 Å². The van der Waals surface area contributed by atoms with Gasteiger partial charge in [0.2, 0.25) is 0 Å². The largest absolute Gasteiger partial charge is 0.398 e. The van der Waals surface area contributed by atoms with Crippen molar-refractivity contribution in [1.29, 1.82) is 0 Å². The molecule has 0 aliphatic carbocycles. The van der Waals surface area contributed by atoms with E-state index < -0.39 is 12.1 Å². The summed E-state index contributed by atoms with van der Waals surface area (Å²) in [6.45, 7) is 1.27. The number of hydrogen-bond donors (Lipinski definition) is 1. The van der Waals surface area contributed by atoms with E-state index in [1.807, 2.05) is 17.0 Å². The third kappa shape index (κ3) is 3.63. The maximum absolute atomic E-state index is 12.7. The third-order valence-corrected chi connectivity index (χ3v) is 4.44. The number of benzene rings is 1. The first-order valence-corrected chi connectivity index (χ1v) is 6.99. The van der Waals surface area contributed by atoms with Crippen LogP contribution < -0.4 is 5.73 Å². The van der Waals surface area contributed by atoms with Crippen molar-refractivity contribution in [2.45, 2.75) is 25.6 Å². The summed E-state index contributed by atoms with van der Waals surface area (Å²) in [6.07, 6.45) is -3.27. The van der Waals surface area contributed by atoms with E-state index in [0.29, 0.717) is 25.2 Å². The number of nitrogens with two attached hydrogens (primary N) is 1. The van der Waals surface area contributed by atoms with Gasteiger partial charge in [-0.05, 0) is 46.9 Å². The lowest BCUT2D eigenvalue weighted by Crippen LogP contribution is -2.41. The van der Waals surface area contributed by atoms with Crippen LogP contribution in [0.4, 0.5) is 18.9 Å². The Morgan fingerprint density at radius 2 is 2.11 bits per heavy atom. The molecule has 0 saturated carbocycles. The minimum Gasteiger partial charge on any atom is -0.398 e. The summed E-state index contributed by atoms with van der Waals surface area (Å²) in [6, 6.07) is 5.47.